The molecule has 146 valence electrons. The van der Waals surface area contributed by atoms with E-state index in [0.29, 0.717) is 35.7 Å². The molecule has 28 heavy (non-hydrogen) atoms. The van der Waals surface area contributed by atoms with Gasteiger partial charge in [0.1, 0.15) is 11.6 Å². The number of nitrogens with zero attached hydrogens (tertiary/aromatic N) is 3. The van der Waals surface area contributed by atoms with Gasteiger partial charge in [-0.1, -0.05) is 52.6 Å². The lowest BCUT2D eigenvalue weighted by molar-refractivity contribution is 0.468. The molecule has 3 aromatic rings. The summed E-state index contributed by atoms with van der Waals surface area (Å²) >= 11 is 13.5. The molecule has 0 fully saturated rings. The maximum Gasteiger partial charge on any atom is 0.282 e. The molecule has 0 unspecified atom stereocenters. The lowest BCUT2D eigenvalue weighted by Crippen LogP contribution is -2.29. The van der Waals surface area contributed by atoms with E-state index in [1.54, 1.807) is 12.1 Å². The molecule has 0 bridgehead atoms. The number of phenolic OH excluding ortho intramolecular Hbond substituents is 1. The number of hydrogen-bond donors (Lipinski definition) is 1. The molecule has 1 heterocycles. The zero-order valence-electron chi connectivity index (χ0n) is 15.1. The van der Waals surface area contributed by atoms with Gasteiger partial charge in [-0.05, 0) is 56.1 Å². The topological polar surface area (TPSA) is 67.5 Å². The second kappa shape index (κ2) is 8.01. The average molecular weight is 637 g/mol. The van der Waals surface area contributed by atoms with Crippen LogP contribution in [0.3, 0.4) is 0 Å². The van der Waals surface area contributed by atoms with Crippen molar-refractivity contribution >= 4 is 80.8 Å². The molecule has 5 nitrogen and oxygen atoms in total. The molecule has 0 aliphatic rings. The third kappa shape index (κ3) is 4.13. The highest BCUT2D eigenvalue weighted by atomic mass is 79.9. The van der Waals surface area contributed by atoms with Crippen molar-refractivity contribution in [2.75, 3.05) is 0 Å². The zero-order valence-corrected chi connectivity index (χ0v) is 21.4. The van der Waals surface area contributed by atoms with E-state index in [1.165, 1.54) is 10.9 Å². The summed E-state index contributed by atoms with van der Waals surface area (Å²) in [6.07, 6.45) is 1.52. The first-order valence-electron chi connectivity index (χ1n) is 8.14. The third-order valence-electron chi connectivity index (χ3n) is 3.96. The Hall–Kier alpha value is -1.03. The number of phenols is 1. The van der Waals surface area contributed by atoms with Crippen molar-refractivity contribution in [2.45, 2.75) is 26.2 Å². The predicted octanol–water partition coefficient (Wildman–Crippen LogP) is 6.33. The van der Waals surface area contributed by atoms with E-state index in [-0.39, 0.29) is 11.3 Å². The minimum atomic E-state index is -0.409. The second-order valence-corrected chi connectivity index (χ2v) is 10.5. The lowest BCUT2D eigenvalue weighted by atomic mass is 9.95. The highest BCUT2D eigenvalue weighted by Gasteiger charge is 2.23. The van der Waals surface area contributed by atoms with Gasteiger partial charge < -0.3 is 5.11 Å². The maximum atomic E-state index is 13.2. The molecule has 2 aromatic carbocycles. The lowest BCUT2D eigenvalue weighted by Gasteiger charge is -2.21. The highest BCUT2D eigenvalue weighted by molar-refractivity contribution is 9.11. The van der Waals surface area contributed by atoms with Crippen LogP contribution in [-0.4, -0.2) is 21.0 Å². The fourth-order valence-corrected chi connectivity index (χ4v) is 5.26. The van der Waals surface area contributed by atoms with Gasteiger partial charge in [-0.15, -0.1) is 0 Å². The van der Waals surface area contributed by atoms with Gasteiger partial charge >= 0.3 is 0 Å². The molecule has 1 aromatic heterocycles. The van der Waals surface area contributed by atoms with E-state index >= 15 is 0 Å². The summed E-state index contributed by atoms with van der Waals surface area (Å²) in [5.41, 5.74) is 0.546. The molecule has 9 heteroatoms. The van der Waals surface area contributed by atoms with Crippen molar-refractivity contribution in [2.24, 2.45) is 5.10 Å². The van der Waals surface area contributed by atoms with Crippen molar-refractivity contribution < 1.29 is 5.11 Å². The van der Waals surface area contributed by atoms with Gasteiger partial charge in [0.05, 0.1) is 26.1 Å². The molecule has 0 saturated carbocycles. The van der Waals surface area contributed by atoms with Crippen LogP contribution in [0.5, 0.6) is 5.75 Å². The summed E-state index contributed by atoms with van der Waals surface area (Å²) < 4.78 is 3.80. The molecule has 0 aliphatic carbocycles. The van der Waals surface area contributed by atoms with Gasteiger partial charge in [0.25, 0.3) is 5.56 Å². The fourth-order valence-electron chi connectivity index (χ4n) is 2.57. The van der Waals surface area contributed by atoms with Crippen molar-refractivity contribution in [1.82, 2.24) is 9.66 Å². The zero-order chi connectivity index (χ0) is 20.8. The first-order chi connectivity index (χ1) is 13.0. The number of fused-ring (bicyclic) bond motifs is 1. The number of rotatable bonds is 2. The van der Waals surface area contributed by atoms with Crippen LogP contribution < -0.4 is 5.56 Å². The highest BCUT2D eigenvalue weighted by Crippen LogP contribution is 2.38. The molecule has 3 rings (SSSR count). The largest absolute Gasteiger partial charge is 0.506 e. The van der Waals surface area contributed by atoms with E-state index in [9.17, 15) is 9.90 Å². The van der Waals surface area contributed by atoms with Crippen LogP contribution >= 0.6 is 63.7 Å². The summed E-state index contributed by atoms with van der Waals surface area (Å²) in [4.78, 5) is 17.9. The van der Waals surface area contributed by atoms with Gasteiger partial charge in [0.15, 0.2) is 0 Å². The minimum absolute atomic E-state index is 0.0496. The minimum Gasteiger partial charge on any atom is -0.506 e. The van der Waals surface area contributed by atoms with Crippen molar-refractivity contribution in [3.05, 3.63) is 63.9 Å². The van der Waals surface area contributed by atoms with E-state index < -0.39 is 5.41 Å². The smallest absolute Gasteiger partial charge is 0.282 e. The molecule has 0 radical (unpaired) electrons. The summed E-state index contributed by atoms with van der Waals surface area (Å²) in [5.74, 6) is 0.589. The Morgan fingerprint density at radius 2 is 1.79 bits per heavy atom. The Morgan fingerprint density at radius 3 is 2.43 bits per heavy atom. The Bertz CT molecular complexity index is 1180. The van der Waals surface area contributed by atoms with Crippen LogP contribution in [0.4, 0.5) is 0 Å². The summed E-state index contributed by atoms with van der Waals surface area (Å²) in [5, 5.41) is 15.1. The normalized spacial score (nSPS) is 12.2. The first-order valence-corrected chi connectivity index (χ1v) is 11.3. The van der Waals surface area contributed by atoms with Crippen molar-refractivity contribution in [3.8, 4) is 5.75 Å². The molecule has 0 aliphatic heterocycles. The average Bonchev–Trinajstić information content (AvgIpc) is 2.60. The van der Waals surface area contributed by atoms with Gasteiger partial charge in [0, 0.05) is 19.9 Å². The second-order valence-electron chi connectivity index (χ2n) is 7.12. The molecule has 0 spiro atoms. The number of hydrogen-bond acceptors (Lipinski definition) is 4. The molecular formula is C19H15Br4N3O2. The molecule has 0 amide bonds. The Morgan fingerprint density at radius 1 is 1.11 bits per heavy atom. The van der Waals surface area contributed by atoms with Crippen LogP contribution in [0.1, 0.15) is 32.2 Å². The predicted molar refractivity (Wildman–Crippen MR) is 127 cm³/mol. The van der Waals surface area contributed by atoms with Gasteiger partial charge in [0.2, 0.25) is 0 Å². The van der Waals surface area contributed by atoms with Gasteiger partial charge in [-0.2, -0.15) is 9.78 Å². The van der Waals surface area contributed by atoms with Gasteiger partial charge in [-0.3, -0.25) is 4.79 Å². The standard InChI is InChI=1S/C19H15Br4N3O2/c1-19(2,3)18-25-14-5-4-9(20)6-10(14)17(28)26(18)24-8-11-12(21)7-13(22)16(27)15(11)23/h4-8,27H,1-3H3. The van der Waals surface area contributed by atoms with E-state index in [1.807, 2.05) is 32.9 Å². The molecule has 0 saturated heterocycles. The van der Waals surface area contributed by atoms with Crippen LogP contribution in [-0.2, 0) is 5.41 Å². The fraction of sp³-hybridized carbons (Fsp3) is 0.211. The van der Waals surface area contributed by atoms with E-state index in [4.69, 9.17) is 0 Å². The summed E-state index contributed by atoms with van der Waals surface area (Å²) in [6.45, 7) is 5.92. The SMILES string of the molecule is CC(C)(C)c1nc2ccc(Br)cc2c(=O)n1N=Cc1c(Br)cc(Br)c(O)c1Br. The Kier molecular flexibility index (Phi) is 6.20. The number of halogens is 4. The van der Waals surface area contributed by atoms with Crippen LogP contribution in [0.2, 0.25) is 0 Å². The van der Waals surface area contributed by atoms with Crippen LogP contribution in [0.25, 0.3) is 10.9 Å². The third-order valence-corrected chi connectivity index (χ3v) is 6.52. The summed E-state index contributed by atoms with van der Waals surface area (Å²) in [6, 6.07) is 7.11. The van der Waals surface area contributed by atoms with Crippen molar-refractivity contribution in [1.29, 1.82) is 0 Å². The molecular weight excluding hydrogens is 622 g/mol. The monoisotopic (exact) mass is 633 g/mol. The maximum absolute atomic E-state index is 13.2. The Balaban J connectivity index is 2.29. The van der Waals surface area contributed by atoms with E-state index in [2.05, 4.69) is 73.8 Å². The number of benzene rings is 2. The van der Waals surface area contributed by atoms with E-state index in [0.717, 1.165) is 4.47 Å². The Labute approximate surface area is 195 Å². The quantitative estimate of drug-likeness (QED) is 0.335. The van der Waals surface area contributed by atoms with Crippen molar-refractivity contribution in [3.63, 3.8) is 0 Å². The molecule has 1 N–H and O–H groups in total. The number of aromatic hydroxyl groups is 1. The first kappa shape index (κ1) is 21.7. The van der Waals surface area contributed by atoms with Gasteiger partial charge in [-0.25, -0.2) is 4.98 Å². The molecule has 0 atom stereocenters. The van der Waals surface area contributed by atoms with Crippen LogP contribution in [0.15, 0.2) is 52.1 Å². The van der Waals surface area contributed by atoms with Crippen LogP contribution in [0, 0.1) is 0 Å². The number of aromatic nitrogens is 2. The summed E-state index contributed by atoms with van der Waals surface area (Å²) in [7, 11) is 0.